The zero-order valence-corrected chi connectivity index (χ0v) is 25.5. The minimum atomic E-state index is -0.570. The van der Waals surface area contributed by atoms with E-state index in [1.165, 1.54) is 64.2 Å². The quantitative estimate of drug-likeness (QED) is 0.193. The van der Waals surface area contributed by atoms with Gasteiger partial charge in [-0.05, 0) is 18.1 Å². The topological polar surface area (TPSA) is 74.0 Å². The number of aromatic amines is 1. The van der Waals surface area contributed by atoms with E-state index in [2.05, 4.69) is 42.7 Å². The molecule has 2 atom stereocenters. The fourth-order valence-corrected chi connectivity index (χ4v) is 5.94. The van der Waals surface area contributed by atoms with Crippen LogP contribution in [-0.4, -0.2) is 60.5 Å². The molecule has 220 valence electrons. The number of carbonyl (C=O) groups excluding carboxylic acids is 2. The summed E-state index contributed by atoms with van der Waals surface area (Å²) in [6.07, 6.45) is 20.0. The van der Waals surface area contributed by atoms with E-state index in [0.717, 1.165) is 48.7 Å². The maximum Gasteiger partial charge on any atom is 0.279 e. The van der Waals surface area contributed by atoms with Gasteiger partial charge in [-0.3, -0.25) is 9.59 Å². The molecule has 1 aliphatic heterocycles. The Morgan fingerprint density at radius 3 is 2.18 bits per heavy atom. The standard InChI is InChI=1S/C32H52N4O2.ClH/c1-4-5-6-7-8-9-10-11-12-13-14-17-22-33-31(37)29(35-32(38)30-21-18-23-36(30,2)3)24-26-25-34-28-20-16-15-19-27(26)28;/h15-16,19-20,25,29-30,34H,4-14,17-18,21-24H2,1-3H3,(H-,33,35,37,38);1H/t29-,30-;/m0./s1. The number of benzene rings is 1. The number of aromatic nitrogens is 1. The van der Waals surface area contributed by atoms with E-state index in [1.807, 2.05) is 24.4 Å². The first-order valence-electron chi connectivity index (χ1n) is 15.4. The molecule has 1 aromatic carbocycles. The Morgan fingerprint density at radius 2 is 1.56 bits per heavy atom. The van der Waals surface area contributed by atoms with Crippen LogP contribution in [0.15, 0.2) is 30.5 Å². The Hall–Kier alpha value is -2.05. The number of H-pyrrole nitrogens is 1. The number of halogens is 1. The van der Waals surface area contributed by atoms with Gasteiger partial charge in [0, 0.05) is 42.9 Å². The second-order valence-electron chi connectivity index (χ2n) is 12.0. The van der Waals surface area contributed by atoms with Crippen LogP contribution in [-0.2, 0) is 16.0 Å². The molecular weight excluding hydrogens is 508 g/mol. The molecule has 7 heteroatoms. The summed E-state index contributed by atoms with van der Waals surface area (Å²) < 4.78 is 0.687. The SMILES string of the molecule is CCCCCCCCCCCCCCNC(=O)[C@H](Cc1c[nH]c2ccccc12)NC(=O)[C@@H]1CCC[N+]1(C)C.[Cl-]. The number of nitrogens with zero attached hydrogens (tertiary/aromatic N) is 1. The van der Waals surface area contributed by atoms with Gasteiger partial charge in [-0.1, -0.05) is 95.8 Å². The summed E-state index contributed by atoms with van der Waals surface area (Å²) in [5, 5.41) is 7.37. The molecule has 1 saturated heterocycles. The second-order valence-corrected chi connectivity index (χ2v) is 12.0. The van der Waals surface area contributed by atoms with Crippen molar-refractivity contribution in [2.45, 2.75) is 115 Å². The number of fused-ring (bicyclic) bond motifs is 1. The van der Waals surface area contributed by atoms with Crippen molar-refractivity contribution >= 4 is 22.7 Å². The monoisotopic (exact) mass is 560 g/mol. The van der Waals surface area contributed by atoms with E-state index in [1.54, 1.807) is 0 Å². The Morgan fingerprint density at radius 1 is 0.949 bits per heavy atom. The van der Waals surface area contributed by atoms with Gasteiger partial charge < -0.3 is 32.5 Å². The third-order valence-electron chi connectivity index (χ3n) is 8.42. The Kier molecular flexibility index (Phi) is 15.0. The number of quaternary nitrogens is 1. The molecule has 0 unspecified atom stereocenters. The number of unbranched alkanes of at least 4 members (excludes halogenated alkanes) is 11. The summed E-state index contributed by atoms with van der Waals surface area (Å²) >= 11 is 0. The molecule has 39 heavy (non-hydrogen) atoms. The molecule has 6 nitrogen and oxygen atoms in total. The zero-order chi connectivity index (χ0) is 27.2. The van der Waals surface area contributed by atoms with E-state index < -0.39 is 6.04 Å². The summed E-state index contributed by atoms with van der Waals surface area (Å²) in [6.45, 7) is 3.93. The zero-order valence-electron chi connectivity index (χ0n) is 24.7. The number of hydrogen-bond acceptors (Lipinski definition) is 2. The molecule has 0 spiro atoms. The average Bonchev–Trinajstić information content (AvgIpc) is 3.48. The van der Waals surface area contributed by atoms with Gasteiger partial charge in [-0.25, -0.2) is 0 Å². The van der Waals surface area contributed by atoms with Gasteiger partial charge in [0.2, 0.25) is 5.91 Å². The van der Waals surface area contributed by atoms with Crippen LogP contribution < -0.4 is 23.0 Å². The van der Waals surface area contributed by atoms with Crippen molar-refractivity contribution in [1.29, 1.82) is 0 Å². The van der Waals surface area contributed by atoms with Crippen molar-refractivity contribution in [2.24, 2.45) is 0 Å². The molecule has 1 aliphatic rings. The highest BCUT2D eigenvalue weighted by molar-refractivity contribution is 5.91. The third kappa shape index (κ3) is 10.8. The van der Waals surface area contributed by atoms with Gasteiger partial charge in [0.25, 0.3) is 5.91 Å². The van der Waals surface area contributed by atoms with E-state index in [9.17, 15) is 9.59 Å². The van der Waals surface area contributed by atoms with Crippen molar-refractivity contribution in [3.8, 4) is 0 Å². The highest BCUT2D eigenvalue weighted by atomic mass is 35.5. The first kappa shape index (κ1) is 33.2. The average molecular weight is 561 g/mol. The molecule has 2 aromatic rings. The predicted molar refractivity (Wildman–Crippen MR) is 158 cm³/mol. The van der Waals surface area contributed by atoms with Crippen LogP contribution in [0.5, 0.6) is 0 Å². The maximum atomic E-state index is 13.3. The Bertz CT molecular complexity index is 989. The fourth-order valence-electron chi connectivity index (χ4n) is 5.94. The van der Waals surface area contributed by atoms with E-state index in [-0.39, 0.29) is 30.3 Å². The van der Waals surface area contributed by atoms with Crippen LogP contribution in [0.1, 0.15) is 102 Å². The fraction of sp³-hybridized carbons (Fsp3) is 0.688. The molecular formula is C32H53ClN4O2. The number of rotatable bonds is 18. The molecule has 0 aliphatic carbocycles. The second kappa shape index (κ2) is 17.6. The number of likely N-dealkylation sites (tertiary alicyclic amines) is 1. The van der Waals surface area contributed by atoms with Crippen molar-refractivity contribution in [1.82, 2.24) is 15.6 Å². The molecule has 3 N–H and O–H groups in total. The lowest BCUT2D eigenvalue weighted by Gasteiger charge is -2.31. The summed E-state index contributed by atoms with van der Waals surface area (Å²) in [6, 6.07) is 7.47. The number of para-hydroxylation sites is 1. The Labute approximate surface area is 243 Å². The van der Waals surface area contributed by atoms with Crippen LogP contribution in [0.2, 0.25) is 0 Å². The number of carbonyl (C=O) groups is 2. The van der Waals surface area contributed by atoms with Crippen LogP contribution >= 0.6 is 0 Å². The number of hydrogen-bond donors (Lipinski definition) is 3. The molecule has 0 saturated carbocycles. The minimum absolute atomic E-state index is 0. The van der Waals surface area contributed by atoms with Gasteiger partial charge in [0.1, 0.15) is 6.04 Å². The predicted octanol–water partition coefficient (Wildman–Crippen LogP) is 3.26. The Balaban J connectivity index is 0.00000533. The van der Waals surface area contributed by atoms with Gasteiger partial charge in [-0.2, -0.15) is 0 Å². The smallest absolute Gasteiger partial charge is 0.279 e. The van der Waals surface area contributed by atoms with Gasteiger partial charge in [0.15, 0.2) is 6.04 Å². The molecule has 0 radical (unpaired) electrons. The van der Waals surface area contributed by atoms with Gasteiger partial charge >= 0.3 is 0 Å². The van der Waals surface area contributed by atoms with Crippen LogP contribution in [0.3, 0.4) is 0 Å². The highest BCUT2D eigenvalue weighted by Gasteiger charge is 2.40. The van der Waals surface area contributed by atoms with Gasteiger partial charge in [-0.15, -0.1) is 0 Å². The third-order valence-corrected chi connectivity index (χ3v) is 8.42. The van der Waals surface area contributed by atoms with Crippen molar-refractivity contribution < 1.29 is 26.5 Å². The lowest BCUT2D eigenvalue weighted by Crippen LogP contribution is -3.00. The first-order chi connectivity index (χ1) is 18.4. The maximum absolute atomic E-state index is 13.3. The van der Waals surface area contributed by atoms with E-state index >= 15 is 0 Å². The largest absolute Gasteiger partial charge is 1.00 e. The number of nitrogens with one attached hydrogen (secondary N) is 3. The highest BCUT2D eigenvalue weighted by Crippen LogP contribution is 2.23. The van der Waals surface area contributed by atoms with Crippen LogP contribution in [0.25, 0.3) is 10.9 Å². The first-order valence-corrected chi connectivity index (χ1v) is 15.4. The number of amides is 2. The summed E-state index contributed by atoms with van der Waals surface area (Å²) in [7, 11) is 4.22. The molecule has 3 rings (SSSR count). The van der Waals surface area contributed by atoms with E-state index in [0.29, 0.717) is 17.4 Å². The van der Waals surface area contributed by atoms with Crippen molar-refractivity contribution in [3.63, 3.8) is 0 Å². The van der Waals surface area contributed by atoms with Crippen LogP contribution in [0, 0.1) is 0 Å². The van der Waals surface area contributed by atoms with Crippen LogP contribution in [0.4, 0.5) is 0 Å². The van der Waals surface area contributed by atoms with E-state index in [4.69, 9.17) is 0 Å². The summed E-state index contributed by atoms with van der Waals surface area (Å²) in [5.41, 5.74) is 2.12. The normalized spacial score (nSPS) is 17.1. The lowest BCUT2D eigenvalue weighted by molar-refractivity contribution is -0.893. The van der Waals surface area contributed by atoms with Gasteiger partial charge in [0.05, 0.1) is 20.6 Å². The summed E-state index contributed by atoms with van der Waals surface area (Å²) in [5.74, 6) is -0.0761. The van der Waals surface area contributed by atoms with Crippen molar-refractivity contribution in [2.75, 3.05) is 27.2 Å². The number of likely N-dealkylation sites (N-methyl/N-ethyl adjacent to an activating group) is 1. The molecule has 1 fully saturated rings. The van der Waals surface area contributed by atoms with Crippen molar-refractivity contribution in [3.05, 3.63) is 36.0 Å². The molecule has 2 heterocycles. The molecule has 0 bridgehead atoms. The molecule has 1 aromatic heterocycles. The lowest BCUT2D eigenvalue weighted by atomic mass is 10.0. The summed E-state index contributed by atoms with van der Waals surface area (Å²) in [4.78, 5) is 29.8. The molecule has 2 amide bonds. The minimum Gasteiger partial charge on any atom is -1.00 e.